The van der Waals surface area contributed by atoms with Crippen molar-refractivity contribution in [1.29, 1.82) is 0 Å². The topological polar surface area (TPSA) is 107 Å². The summed E-state index contributed by atoms with van der Waals surface area (Å²) in [6.07, 6.45) is 0.743. The number of rotatable bonds is 6. The lowest BCUT2D eigenvalue weighted by Crippen LogP contribution is -2.46. The third-order valence-corrected chi connectivity index (χ3v) is 7.34. The van der Waals surface area contributed by atoms with Crippen LogP contribution in [0.2, 0.25) is 0 Å². The molecule has 38 heavy (non-hydrogen) atoms. The van der Waals surface area contributed by atoms with Crippen LogP contribution >= 0.6 is 0 Å². The standard InChI is InChI=1S/C26H23F3N4O4S/c1-36-21-10-3-7-18(15-21)17-6-2-8-19(14-17)25(23-31-12-5-13-33(23)24(30)32-25)20-9-4-11-22(16-20)37-38(34,35)26(27,28)29/h2-4,6-11,14-16H,5,12-13H2,1H3,(H2,30,32). The summed E-state index contributed by atoms with van der Waals surface area (Å²) < 4.78 is 72.2. The number of fused-ring (bicyclic) bond motifs is 1. The van der Waals surface area contributed by atoms with E-state index in [1.807, 2.05) is 48.5 Å². The van der Waals surface area contributed by atoms with Crippen molar-refractivity contribution < 1.29 is 30.5 Å². The van der Waals surface area contributed by atoms with Crippen LogP contribution in [0.3, 0.4) is 0 Å². The number of amidine groups is 1. The molecule has 1 atom stereocenters. The molecule has 2 heterocycles. The second-order valence-electron chi connectivity index (χ2n) is 8.71. The van der Waals surface area contributed by atoms with E-state index in [2.05, 4.69) is 4.18 Å². The van der Waals surface area contributed by atoms with E-state index >= 15 is 0 Å². The maximum Gasteiger partial charge on any atom is 0.534 e. The van der Waals surface area contributed by atoms with Gasteiger partial charge in [-0.15, -0.1) is 0 Å². The molecule has 1 unspecified atom stereocenters. The SMILES string of the molecule is COc1cccc(-c2cccc(C3(c4cccc(OS(=O)(=O)C(F)(F)F)c4)N=C(N)N4CCCN=C43)c2)c1. The maximum absolute atomic E-state index is 13.0. The molecule has 2 N–H and O–H groups in total. The summed E-state index contributed by atoms with van der Waals surface area (Å²) >= 11 is 0. The van der Waals surface area contributed by atoms with Gasteiger partial charge in [-0.3, -0.25) is 9.89 Å². The van der Waals surface area contributed by atoms with E-state index in [9.17, 15) is 21.6 Å². The highest BCUT2D eigenvalue weighted by Gasteiger charge is 2.51. The number of ether oxygens (including phenoxy) is 1. The van der Waals surface area contributed by atoms with Gasteiger partial charge in [0.25, 0.3) is 0 Å². The Labute approximate surface area is 217 Å². The van der Waals surface area contributed by atoms with Crippen molar-refractivity contribution in [3.05, 3.63) is 83.9 Å². The third kappa shape index (κ3) is 4.34. The number of alkyl halides is 3. The molecule has 0 spiro atoms. The summed E-state index contributed by atoms with van der Waals surface area (Å²) in [7, 11) is -4.30. The Morgan fingerprint density at radius 3 is 2.29 bits per heavy atom. The zero-order valence-corrected chi connectivity index (χ0v) is 21.0. The van der Waals surface area contributed by atoms with E-state index in [1.165, 1.54) is 12.1 Å². The normalized spacial score (nSPS) is 19.4. The fraction of sp³-hybridized carbons (Fsp3) is 0.231. The lowest BCUT2D eigenvalue weighted by molar-refractivity contribution is -0.0500. The summed E-state index contributed by atoms with van der Waals surface area (Å²) in [6, 6.07) is 20.3. The predicted octanol–water partition coefficient (Wildman–Crippen LogP) is 4.27. The molecule has 0 amide bonds. The number of nitrogens with zero attached hydrogens (tertiary/aromatic N) is 3. The van der Waals surface area contributed by atoms with Crippen LogP contribution in [0.25, 0.3) is 11.1 Å². The molecule has 0 saturated heterocycles. The minimum Gasteiger partial charge on any atom is -0.497 e. The molecular weight excluding hydrogens is 521 g/mol. The highest BCUT2D eigenvalue weighted by molar-refractivity contribution is 7.88. The average Bonchev–Trinajstić information content (AvgIpc) is 3.21. The van der Waals surface area contributed by atoms with Crippen molar-refractivity contribution >= 4 is 21.9 Å². The van der Waals surface area contributed by atoms with Gasteiger partial charge in [0, 0.05) is 13.1 Å². The smallest absolute Gasteiger partial charge is 0.497 e. The van der Waals surface area contributed by atoms with Crippen molar-refractivity contribution in [3.63, 3.8) is 0 Å². The monoisotopic (exact) mass is 544 g/mol. The third-order valence-electron chi connectivity index (χ3n) is 6.36. The fourth-order valence-electron chi connectivity index (χ4n) is 4.65. The van der Waals surface area contributed by atoms with Crippen LogP contribution in [0.4, 0.5) is 13.2 Å². The first-order valence-electron chi connectivity index (χ1n) is 11.6. The largest absolute Gasteiger partial charge is 0.534 e. The van der Waals surface area contributed by atoms with E-state index in [0.717, 1.165) is 23.6 Å². The Morgan fingerprint density at radius 2 is 1.58 bits per heavy atom. The molecule has 0 aliphatic carbocycles. The zero-order valence-electron chi connectivity index (χ0n) is 20.1. The Balaban J connectivity index is 1.69. The maximum atomic E-state index is 13.0. The number of halogens is 3. The van der Waals surface area contributed by atoms with Crippen molar-refractivity contribution in [2.24, 2.45) is 15.7 Å². The van der Waals surface area contributed by atoms with Crippen LogP contribution in [0, 0.1) is 0 Å². The molecule has 3 aromatic carbocycles. The Kier molecular flexibility index (Phi) is 6.30. The molecular formula is C26H23F3N4O4S. The molecule has 198 valence electrons. The number of hydrogen-bond donors (Lipinski definition) is 1. The average molecular weight is 545 g/mol. The number of guanidine groups is 1. The molecule has 2 aliphatic heterocycles. The summed E-state index contributed by atoms with van der Waals surface area (Å²) in [5.41, 5.74) is 2.09. The van der Waals surface area contributed by atoms with Gasteiger partial charge < -0.3 is 14.7 Å². The van der Waals surface area contributed by atoms with Gasteiger partial charge in [-0.2, -0.15) is 21.6 Å². The number of benzene rings is 3. The second kappa shape index (κ2) is 9.35. The molecule has 0 bridgehead atoms. The van der Waals surface area contributed by atoms with Gasteiger partial charge in [0.2, 0.25) is 0 Å². The second-order valence-corrected chi connectivity index (χ2v) is 10.3. The van der Waals surface area contributed by atoms with Crippen molar-refractivity contribution in [3.8, 4) is 22.6 Å². The van der Waals surface area contributed by atoms with Crippen molar-refractivity contribution in [2.75, 3.05) is 20.2 Å². The van der Waals surface area contributed by atoms with Gasteiger partial charge in [0.05, 0.1) is 7.11 Å². The van der Waals surface area contributed by atoms with Crippen molar-refractivity contribution in [2.45, 2.75) is 17.5 Å². The van der Waals surface area contributed by atoms with Crippen LogP contribution in [-0.2, 0) is 15.7 Å². The number of nitrogens with two attached hydrogens (primary N) is 1. The molecule has 0 aromatic heterocycles. The zero-order chi connectivity index (χ0) is 27.1. The quantitative estimate of drug-likeness (QED) is 0.367. The molecule has 12 heteroatoms. The highest BCUT2D eigenvalue weighted by Crippen LogP contribution is 2.43. The van der Waals surface area contributed by atoms with Crippen LogP contribution in [-0.4, -0.2) is 50.8 Å². The molecule has 5 rings (SSSR count). The molecule has 0 fully saturated rings. The van der Waals surface area contributed by atoms with Gasteiger partial charge >= 0.3 is 15.6 Å². The summed E-state index contributed by atoms with van der Waals surface area (Å²) in [6.45, 7) is 1.06. The minimum absolute atomic E-state index is 0.199. The van der Waals surface area contributed by atoms with E-state index in [0.29, 0.717) is 35.8 Å². The molecule has 2 aliphatic rings. The van der Waals surface area contributed by atoms with E-state index in [1.54, 1.807) is 18.1 Å². The van der Waals surface area contributed by atoms with Gasteiger partial charge in [-0.25, -0.2) is 4.99 Å². The predicted molar refractivity (Wildman–Crippen MR) is 137 cm³/mol. The van der Waals surface area contributed by atoms with Crippen molar-refractivity contribution in [1.82, 2.24) is 4.90 Å². The lowest BCUT2D eigenvalue weighted by atomic mass is 9.81. The van der Waals surface area contributed by atoms with Gasteiger partial charge in [0.1, 0.15) is 17.3 Å². The number of hydrogen-bond acceptors (Lipinski definition) is 8. The number of aliphatic imine (C=N–C) groups is 2. The Hall–Kier alpha value is -4.06. The van der Waals surface area contributed by atoms with Crippen LogP contribution in [0.5, 0.6) is 11.5 Å². The number of methoxy groups -OCH3 is 1. The first-order chi connectivity index (χ1) is 18.0. The first kappa shape index (κ1) is 25.6. The van der Waals surface area contributed by atoms with E-state index in [4.69, 9.17) is 20.5 Å². The highest BCUT2D eigenvalue weighted by atomic mass is 32.2. The molecule has 0 radical (unpaired) electrons. The fourth-order valence-corrected chi connectivity index (χ4v) is 5.10. The van der Waals surface area contributed by atoms with Gasteiger partial charge in [-0.05, 0) is 59.0 Å². The Bertz CT molecular complexity index is 1560. The summed E-state index contributed by atoms with van der Waals surface area (Å²) in [5, 5.41) is 0. The first-order valence-corrected chi connectivity index (χ1v) is 13.0. The van der Waals surface area contributed by atoms with Crippen LogP contribution in [0.15, 0.2) is 82.8 Å². The van der Waals surface area contributed by atoms with Gasteiger partial charge in [0.15, 0.2) is 11.5 Å². The molecule has 3 aromatic rings. The van der Waals surface area contributed by atoms with E-state index in [-0.39, 0.29) is 5.96 Å². The lowest BCUT2D eigenvalue weighted by Gasteiger charge is -2.33. The molecule has 8 nitrogen and oxygen atoms in total. The van der Waals surface area contributed by atoms with Gasteiger partial charge in [-0.1, -0.05) is 42.5 Å². The minimum atomic E-state index is -5.87. The van der Waals surface area contributed by atoms with Crippen LogP contribution < -0.4 is 14.7 Å². The van der Waals surface area contributed by atoms with Crippen LogP contribution in [0.1, 0.15) is 17.5 Å². The Morgan fingerprint density at radius 1 is 0.947 bits per heavy atom. The summed E-state index contributed by atoms with van der Waals surface area (Å²) in [5.74, 6) is 0.862. The summed E-state index contributed by atoms with van der Waals surface area (Å²) in [4.78, 5) is 11.3. The van der Waals surface area contributed by atoms with E-state index < -0.39 is 26.9 Å². The molecule has 0 saturated carbocycles.